The van der Waals surface area contributed by atoms with E-state index in [1.807, 2.05) is 12.1 Å². The van der Waals surface area contributed by atoms with E-state index in [2.05, 4.69) is 24.3 Å². The molecule has 0 amide bonds. The maximum atomic E-state index is 12.1. The fourth-order valence-electron chi connectivity index (χ4n) is 3.93. The number of benzene rings is 3. The normalized spacial score (nSPS) is 15.8. The van der Waals surface area contributed by atoms with Crippen molar-refractivity contribution in [2.75, 3.05) is 0 Å². The Hall–Kier alpha value is -2.74. The molecular formula is C20H12O2. The Labute approximate surface area is 127 Å². The summed E-state index contributed by atoms with van der Waals surface area (Å²) < 4.78 is 0. The topological polar surface area (TPSA) is 34.1 Å². The lowest BCUT2D eigenvalue weighted by Crippen LogP contribution is -2.16. The van der Waals surface area contributed by atoms with Gasteiger partial charge in [-0.3, -0.25) is 9.59 Å². The highest BCUT2D eigenvalue weighted by atomic mass is 16.2. The Morgan fingerprint density at radius 1 is 0.864 bits per heavy atom. The highest BCUT2D eigenvalue weighted by Crippen LogP contribution is 2.39. The number of aryl methyl sites for hydroxylation is 2. The second-order valence-corrected chi connectivity index (χ2v) is 6.02. The molecule has 0 bridgehead atoms. The van der Waals surface area contributed by atoms with E-state index in [0.29, 0.717) is 5.56 Å². The fourth-order valence-corrected chi connectivity index (χ4v) is 3.93. The van der Waals surface area contributed by atoms with Crippen molar-refractivity contribution in [3.8, 4) is 0 Å². The Bertz CT molecular complexity index is 1050. The van der Waals surface area contributed by atoms with Crippen molar-refractivity contribution in [3.05, 3.63) is 64.7 Å². The molecule has 0 fully saturated rings. The van der Waals surface area contributed by atoms with Crippen LogP contribution in [-0.2, 0) is 17.6 Å². The number of hydrogen-bond acceptors (Lipinski definition) is 2. The predicted octanol–water partition coefficient (Wildman–Crippen LogP) is 3.87. The van der Waals surface area contributed by atoms with Crippen molar-refractivity contribution >= 4 is 39.2 Å². The molecule has 0 aromatic heterocycles. The van der Waals surface area contributed by atoms with Crippen molar-refractivity contribution in [3.63, 3.8) is 0 Å². The smallest absolute Gasteiger partial charge is 0.233 e. The van der Waals surface area contributed by atoms with Crippen molar-refractivity contribution in [2.45, 2.75) is 12.8 Å². The summed E-state index contributed by atoms with van der Waals surface area (Å²) >= 11 is 0. The summed E-state index contributed by atoms with van der Waals surface area (Å²) in [6.45, 7) is 0. The molecule has 0 saturated carbocycles. The molecule has 0 aliphatic heterocycles. The Balaban J connectivity index is 1.99. The minimum atomic E-state index is -0.431. The Morgan fingerprint density at radius 2 is 1.77 bits per heavy atom. The summed E-state index contributed by atoms with van der Waals surface area (Å²) in [5, 5.41) is 4.89. The number of Topliss-reactive ketones (excluding diaryl/α,β-unsaturated/α-hetero) is 1. The molecule has 3 aromatic rings. The molecule has 0 spiro atoms. The second-order valence-electron chi connectivity index (χ2n) is 6.02. The van der Waals surface area contributed by atoms with Crippen LogP contribution in [0.2, 0.25) is 0 Å². The molecule has 0 heterocycles. The van der Waals surface area contributed by atoms with Gasteiger partial charge in [-0.15, -0.1) is 0 Å². The van der Waals surface area contributed by atoms with Crippen LogP contribution >= 0.6 is 0 Å². The van der Waals surface area contributed by atoms with Gasteiger partial charge in [0.2, 0.25) is 11.6 Å². The van der Waals surface area contributed by atoms with Crippen LogP contribution < -0.4 is 0 Å². The van der Waals surface area contributed by atoms with Crippen LogP contribution in [0.4, 0.5) is 0 Å². The van der Waals surface area contributed by atoms with Crippen LogP contribution in [0.1, 0.15) is 27.0 Å². The zero-order valence-corrected chi connectivity index (χ0v) is 11.8. The van der Waals surface area contributed by atoms with Crippen LogP contribution in [0, 0.1) is 0 Å². The first-order valence-electron chi connectivity index (χ1n) is 7.51. The summed E-state index contributed by atoms with van der Waals surface area (Å²) in [5.74, 6) is -0.830. The standard InChI is InChI=1S/C20H12O2/c21-18-9-8-14-16(20(18)22)7-6-13-15-5-4-11-2-1-3-12(19(11)15)10-17(13)14/h1-3,6-10H,4-5H2. The Kier molecular flexibility index (Phi) is 2.11. The van der Waals surface area contributed by atoms with Crippen LogP contribution in [-0.4, -0.2) is 11.6 Å². The summed E-state index contributed by atoms with van der Waals surface area (Å²) in [5.41, 5.74) is 4.20. The predicted molar refractivity (Wildman–Crippen MR) is 87.2 cm³/mol. The minimum absolute atomic E-state index is 0.398. The van der Waals surface area contributed by atoms with E-state index >= 15 is 0 Å². The van der Waals surface area contributed by atoms with Crippen LogP contribution in [0.3, 0.4) is 0 Å². The van der Waals surface area contributed by atoms with Crippen molar-refractivity contribution < 1.29 is 9.59 Å². The molecule has 2 heteroatoms. The van der Waals surface area contributed by atoms with E-state index < -0.39 is 11.6 Å². The lowest BCUT2D eigenvalue weighted by atomic mass is 9.88. The quantitative estimate of drug-likeness (QED) is 0.464. The van der Waals surface area contributed by atoms with Gasteiger partial charge >= 0.3 is 0 Å². The van der Waals surface area contributed by atoms with E-state index in [4.69, 9.17) is 0 Å². The number of rotatable bonds is 0. The fraction of sp³-hybridized carbons (Fsp3) is 0.100. The van der Waals surface area contributed by atoms with Gasteiger partial charge < -0.3 is 0 Å². The first-order chi connectivity index (χ1) is 10.7. The van der Waals surface area contributed by atoms with Crippen molar-refractivity contribution in [1.82, 2.24) is 0 Å². The molecule has 22 heavy (non-hydrogen) atoms. The first-order valence-corrected chi connectivity index (χ1v) is 7.51. The molecule has 2 aliphatic rings. The van der Waals surface area contributed by atoms with Crippen molar-refractivity contribution in [1.29, 1.82) is 0 Å². The highest BCUT2D eigenvalue weighted by Gasteiger charge is 2.24. The molecule has 2 aliphatic carbocycles. The van der Waals surface area contributed by atoms with Crippen LogP contribution in [0.5, 0.6) is 0 Å². The van der Waals surface area contributed by atoms with Gasteiger partial charge in [-0.2, -0.15) is 0 Å². The number of hydrogen-bond donors (Lipinski definition) is 0. The maximum absolute atomic E-state index is 12.1. The summed E-state index contributed by atoms with van der Waals surface area (Å²) in [4.78, 5) is 23.7. The van der Waals surface area contributed by atoms with E-state index in [1.54, 1.807) is 6.08 Å². The number of fused-ring (bicyclic) bond motifs is 4. The van der Waals surface area contributed by atoms with Gasteiger partial charge in [0.1, 0.15) is 0 Å². The monoisotopic (exact) mass is 284 g/mol. The highest BCUT2D eigenvalue weighted by molar-refractivity contribution is 6.50. The van der Waals surface area contributed by atoms with Crippen molar-refractivity contribution in [2.24, 2.45) is 0 Å². The van der Waals surface area contributed by atoms with Gasteiger partial charge in [0, 0.05) is 5.56 Å². The van der Waals surface area contributed by atoms with Gasteiger partial charge in [-0.1, -0.05) is 24.3 Å². The summed E-state index contributed by atoms with van der Waals surface area (Å²) in [6.07, 6.45) is 5.31. The van der Waals surface area contributed by atoms with Gasteiger partial charge in [0.25, 0.3) is 0 Å². The lowest BCUT2D eigenvalue weighted by Gasteiger charge is -2.14. The molecule has 5 rings (SSSR count). The second kappa shape index (κ2) is 3.92. The van der Waals surface area contributed by atoms with E-state index in [-0.39, 0.29) is 0 Å². The molecule has 0 atom stereocenters. The molecule has 0 saturated heterocycles. The number of allylic oxidation sites excluding steroid dienone is 1. The summed E-state index contributed by atoms with van der Waals surface area (Å²) in [7, 11) is 0. The van der Waals surface area contributed by atoms with E-state index in [9.17, 15) is 9.59 Å². The molecule has 104 valence electrons. The number of ketones is 2. The third-order valence-electron chi connectivity index (χ3n) is 4.91. The molecule has 0 unspecified atom stereocenters. The number of carbonyl (C=O) groups excluding carboxylic acids is 2. The molecule has 3 aromatic carbocycles. The maximum Gasteiger partial charge on any atom is 0.233 e. The third-order valence-corrected chi connectivity index (χ3v) is 4.91. The summed E-state index contributed by atoms with van der Waals surface area (Å²) in [6, 6.07) is 12.4. The number of carbonyl (C=O) groups is 2. The van der Waals surface area contributed by atoms with Gasteiger partial charge in [0.05, 0.1) is 0 Å². The zero-order valence-electron chi connectivity index (χ0n) is 11.8. The average molecular weight is 284 g/mol. The minimum Gasteiger partial charge on any atom is -0.286 e. The average Bonchev–Trinajstić information content (AvgIpc) is 2.97. The third kappa shape index (κ3) is 1.34. The first kappa shape index (κ1) is 11.9. The molecular weight excluding hydrogens is 272 g/mol. The van der Waals surface area contributed by atoms with Gasteiger partial charge in [0.15, 0.2) is 0 Å². The molecule has 0 N–H and O–H groups in total. The molecule has 2 nitrogen and oxygen atoms in total. The van der Waals surface area contributed by atoms with Gasteiger partial charge in [-0.05, 0) is 75.4 Å². The molecule has 0 radical (unpaired) electrons. The largest absolute Gasteiger partial charge is 0.286 e. The lowest BCUT2D eigenvalue weighted by molar-refractivity contribution is -0.110. The van der Waals surface area contributed by atoms with Gasteiger partial charge in [-0.25, -0.2) is 0 Å². The van der Waals surface area contributed by atoms with Crippen LogP contribution in [0.15, 0.2) is 42.5 Å². The van der Waals surface area contributed by atoms with E-state index in [1.165, 1.54) is 33.4 Å². The van der Waals surface area contributed by atoms with E-state index in [0.717, 1.165) is 23.8 Å². The zero-order chi connectivity index (χ0) is 14.8. The van der Waals surface area contributed by atoms with Crippen LogP contribution in [0.25, 0.3) is 27.6 Å². The Morgan fingerprint density at radius 3 is 2.68 bits per heavy atom. The SMILES string of the molecule is O=C1C=Cc2c(ccc3c4c5c(cccc5cc23)CC4)C1=O.